The van der Waals surface area contributed by atoms with Gasteiger partial charge in [-0.05, 0) is 31.5 Å². The van der Waals surface area contributed by atoms with Gasteiger partial charge in [0.05, 0.1) is 4.90 Å². The molecule has 1 N–H and O–H groups in total. The van der Waals surface area contributed by atoms with E-state index in [9.17, 15) is 8.42 Å². The molecule has 0 aromatic heterocycles. The molecule has 1 aromatic rings. The monoisotopic (exact) mass is 210 g/mol. The van der Waals surface area contributed by atoms with Crippen molar-refractivity contribution in [2.24, 2.45) is 0 Å². The SMILES string of the molecule is CC#Cc1cc(S(=O)(=O)O)ccc1C. The molecule has 0 amide bonds. The van der Waals surface area contributed by atoms with Gasteiger partial charge in [0.2, 0.25) is 0 Å². The molecule has 0 unspecified atom stereocenters. The highest BCUT2D eigenvalue weighted by atomic mass is 32.2. The van der Waals surface area contributed by atoms with E-state index in [2.05, 4.69) is 11.8 Å². The lowest BCUT2D eigenvalue weighted by atomic mass is 10.1. The maximum atomic E-state index is 10.8. The van der Waals surface area contributed by atoms with Crippen LogP contribution < -0.4 is 0 Å². The van der Waals surface area contributed by atoms with E-state index in [1.807, 2.05) is 6.92 Å². The van der Waals surface area contributed by atoms with Gasteiger partial charge >= 0.3 is 0 Å². The first kappa shape index (κ1) is 10.8. The fourth-order valence-corrected chi connectivity index (χ4v) is 1.54. The first-order valence-corrected chi connectivity index (χ1v) is 5.40. The summed E-state index contributed by atoms with van der Waals surface area (Å²) >= 11 is 0. The van der Waals surface area contributed by atoms with Crippen molar-refractivity contribution >= 4 is 10.1 Å². The lowest BCUT2D eigenvalue weighted by molar-refractivity contribution is 0.483. The predicted octanol–water partition coefficient (Wildman–Crippen LogP) is 1.61. The van der Waals surface area contributed by atoms with Crippen molar-refractivity contribution in [2.75, 3.05) is 0 Å². The quantitative estimate of drug-likeness (QED) is 0.566. The van der Waals surface area contributed by atoms with Crippen LogP contribution in [0.2, 0.25) is 0 Å². The largest absolute Gasteiger partial charge is 0.294 e. The highest BCUT2D eigenvalue weighted by Crippen LogP contribution is 2.14. The zero-order valence-electron chi connectivity index (χ0n) is 7.90. The first-order chi connectivity index (χ1) is 6.45. The summed E-state index contributed by atoms with van der Waals surface area (Å²) in [4.78, 5) is -0.124. The number of hydrogen-bond donors (Lipinski definition) is 1. The second-order valence-corrected chi connectivity index (χ2v) is 4.25. The fourth-order valence-electron chi connectivity index (χ4n) is 1.03. The second-order valence-electron chi connectivity index (χ2n) is 2.83. The molecule has 0 aliphatic carbocycles. The second kappa shape index (κ2) is 3.82. The maximum absolute atomic E-state index is 10.8. The number of aryl methyl sites for hydroxylation is 1. The highest BCUT2D eigenvalue weighted by molar-refractivity contribution is 7.85. The highest BCUT2D eigenvalue weighted by Gasteiger charge is 2.10. The summed E-state index contributed by atoms with van der Waals surface area (Å²) in [5.41, 5.74) is 1.49. The third-order valence-electron chi connectivity index (χ3n) is 1.77. The van der Waals surface area contributed by atoms with Gasteiger partial charge in [0, 0.05) is 5.56 Å². The van der Waals surface area contributed by atoms with Crippen LogP contribution in [0.3, 0.4) is 0 Å². The van der Waals surface area contributed by atoms with Crippen LogP contribution in [0.15, 0.2) is 23.1 Å². The molecule has 0 aliphatic heterocycles. The van der Waals surface area contributed by atoms with Crippen LogP contribution in [-0.2, 0) is 10.1 Å². The van der Waals surface area contributed by atoms with Gasteiger partial charge in [0.15, 0.2) is 0 Å². The minimum atomic E-state index is -4.13. The number of hydrogen-bond acceptors (Lipinski definition) is 2. The molecule has 0 fully saturated rings. The van der Waals surface area contributed by atoms with E-state index in [4.69, 9.17) is 4.55 Å². The Kier molecular flexibility index (Phi) is 2.94. The van der Waals surface area contributed by atoms with Crippen molar-refractivity contribution in [1.82, 2.24) is 0 Å². The average Bonchev–Trinajstić information content (AvgIpc) is 2.07. The van der Waals surface area contributed by atoms with E-state index < -0.39 is 10.1 Å². The van der Waals surface area contributed by atoms with Crippen molar-refractivity contribution in [3.63, 3.8) is 0 Å². The van der Waals surface area contributed by atoms with Crippen molar-refractivity contribution in [3.8, 4) is 11.8 Å². The topological polar surface area (TPSA) is 54.4 Å². The Morgan fingerprint density at radius 1 is 1.36 bits per heavy atom. The standard InChI is InChI=1S/C10H10O3S/c1-3-4-9-7-10(14(11,12)13)6-5-8(9)2/h5-7H,1-2H3,(H,11,12,13). The zero-order chi connectivity index (χ0) is 10.8. The molecule has 0 aliphatic rings. The van der Waals surface area contributed by atoms with Gasteiger partial charge in [-0.1, -0.05) is 12.0 Å². The Morgan fingerprint density at radius 2 is 2.00 bits per heavy atom. The van der Waals surface area contributed by atoms with Crippen LogP contribution in [0, 0.1) is 18.8 Å². The van der Waals surface area contributed by atoms with Crippen LogP contribution in [0.4, 0.5) is 0 Å². The molecule has 1 aromatic carbocycles. The first-order valence-electron chi connectivity index (χ1n) is 3.96. The molecule has 0 spiro atoms. The van der Waals surface area contributed by atoms with E-state index in [0.717, 1.165) is 5.56 Å². The summed E-state index contributed by atoms with van der Waals surface area (Å²) in [6.45, 7) is 3.49. The molecule has 4 heteroatoms. The maximum Gasteiger partial charge on any atom is 0.294 e. The fraction of sp³-hybridized carbons (Fsp3) is 0.200. The molecular weight excluding hydrogens is 200 g/mol. The van der Waals surface area contributed by atoms with Crippen molar-refractivity contribution in [1.29, 1.82) is 0 Å². The van der Waals surface area contributed by atoms with Crippen LogP contribution in [0.1, 0.15) is 18.1 Å². The molecule has 0 saturated heterocycles. The summed E-state index contributed by atoms with van der Waals surface area (Å²) in [7, 11) is -4.13. The normalized spacial score (nSPS) is 10.5. The molecule has 0 heterocycles. The average molecular weight is 210 g/mol. The summed E-state index contributed by atoms with van der Waals surface area (Å²) in [5, 5.41) is 0. The minimum absolute atomic E-state index is 0.124. The molecule has 0 atom stereocenters. The van der Waals surface area contributed by atoms with Crippen molar-refractivity contribution in [3.05, 3.63) is 29.3 Å². The summed E-state index contributed by atoms with van der Waals surface area (Å²) in [6, 6.07) is 4.33. The van der Waals surface area contributed by atoms with E-state index in [-0.39, 0.29) is 4.90 Å². The van der Waals surface area contributed by atoms with Gasteiger partial charge in [-0.25, -0.2) is 0 Å². The third-order valence-corrected chi connectivity index (χ3v) is 2.62. The van der Waals surface area contributed by atoms with E-state index >= 15 is 0 Å². The van der Waals surface area contributed by atoms with Crippen LogP contribution in [0.5, 0.6) is 0 Å². The van der Waals surface area contributed by atoms with Crippen molar-refractivity contribution in [2.45, 2.75) is 18.7 Å². The van der Waals surface area contributed by atoms with Crippen molar-refractivity contribution < 1.29 is 13.0 Å². The lowest BCUT2D eigenvalue weighted by Crippen LogP contribution is -1.99. The van der Waals surface area contributed by atoms with Gasteiger partial charge in [0.1, 0.15) is 0 Å². The number of benzene rings is 1. The molecule has 0 radical (unpaired) electrons. The Hall–Kier alpha value is -1.31. The van der Waals surface area contributed by atoms with Gasteiger partial charge in [0.25, 0.3) is 10.1 Å². The molecule has 0 bridgehead atoms. The molecule has 14 heavy (non-hydrogen) atoms. The lowest BCUT2D eigenvalue weighted by Gasteiger charge is -2.00. The Balaban J connectivity index is 3.39. The minimum Gasteiger partial charge on any atom is -0.282 e. The Bertz CT molecular complexity index is 504. The van der Waals surface area contributed by atoms with E-state index in [1.165, 1.54) is 12.1 Å². The summed E-state index contributed by atoms with van der Waals surface area (Å²) in [6.07, 6.45) is 0. The van der Waals surface area contributed by atoms with Gasteiger partial charge in [-0.3, -0.25) is 4.55 Å². The molecule has 1 rings (SSSR count). The smallest absolute Gasteiger partial charge is 0.282 e. The molecule has 74 valence electrons. The van der Waals surface area contributed by atoms with Gasteiger partial charge < -0.3 is 0 Å². The Labute approximate surface area is 83.5 Å². The van der Waals surface area contributed by atoms with Gasteiger partial charge in [-0.2, -0.15) is 8.42 Å². The Morgan fingerprint density at radius 3 is 2.50 bits per heavy atom. The molecule has 3 nitrogen and oxygen atoms in total. The van der Waals surface area contributed by atoms with Crippen LogP contribution in [0.25, 0.3) is 0 Å². The van der Waals surface area contributed by atoms with Crippen LogP contribution >= 0.6 is 0 Å². The molecule has 0 saturated carbocycles. The van der Waals surface area contributed by atoms with E-state index in [1.54, 1.807) is 13.0 Å². The predicted molar refractivity (Wildman–Crippen MR) is 53.5 cm³/mol. The molecular formula is C10H10O3S. The zero-order valence-corrected chi connectivity index (χ0v) is 8.72. The van der Waals surface area contributed by atoms with E-state index in [0.29, 0.717) is 5.56 Å². The summed E-state index contributed by atoms with van der Waals surface area (Å²) in [5.74, 6) is 5.44. The number of rotatable bonds is 1. The van der Waals surface area contributed by atoms with Gasteiger partial charge in [-0.15, -0.1) is 5.92 Å². The summed E-state index contributed by atoms with van der Waals surface area (Å²) < 4.78 is 30.4. The van der Waals surface area contributed by atoms with Crippen LogP contribution in [-0.4, -0.2) is 13.0 Å². The third kappa shape index (κ3) is 2.34.